The van der Waals surface area contributed by atoms with Gasteiger partial charge < -0.3 is 10.1 Å². The highest BCUT2D eigenvalue weighted by Crippen LogP contribution is 2.22. The number of hydrogen-bond donors (Lipinski definition) is 1. The van der Waals surface area contributed by atoms with Crippen molar-refractivity contribution in [3.8, 4) is 11.5 Å². The Morgan fingerprint density at radius 2 is 1.83 bits per heavy atom. The maximum atomic E-state index is 12.9. The minimum atomic E-state index is -0.331. The number of nitrogens with zero attached hydrogens (tertiary/aromatic N) is 3. The van der Waals surface area contributed by atoms with Crippen LogP contribution >= 0.6 is 0 Å². The second-order valence-corrected chi connectivity index (χ2v) is 4.96. The molecule has 0 atom stereocenters. The van der Waals surface area contributed by atoms with Crippen LogP contribution in [0.1, 0.15) is 10.4 Å². The lowest BCUT2D eigenvalue weighted by Gasteiger charge is -2.08. The van der Waals surface area contributed by atoms with Gasteiger partial charge >= 0.3 is 0 Å². The second-order valence-electron chi connectivity index (χ2n) is 4.96. The summed E-state index contributed by atoms with van der Waals surface area (Å²) in [6, 6.07) is 12.5. The molecule has 0 aliphatic heterocycles. The topological polar surface area (TPSA) is 69.0 Å². The van der Waals surface area contributed by atoms with Gasteiger partial charge in [0.1, 0.15) is 17.3 Å². The molecule has 7 heteroatoms. The molecule has 3 aromatic rings. The van der Waals surface area contributed by atoms with Crippen molar-refractivity contribution in [3.63, 3.8) is 0 Å². The number of benzene rings is 2. The molecule has 0 saturated carbocycles. The van der Waals surface area contributed by atoms with Gasteiger partial charge in [-0.2, -0.15) is 15.0 Å². The van der Waals surface area contributed by atoms with Crippen molar-refractivity contribution < 1.29 is 13.9 Å². The van der Waals surface area contributed by atoms with Crippen LogP contribution in [0.3, 0.4) is 0 Å². The first-order valence-corrected chi connectivity index (χ1v) is 7.36. The zero-order valence-electron chi connectivity index (χ0n) is 12.7. The largest absolute Gasteiger partial charge is 0.457 e. The predicted molar refractivity (Wildman–Crippen MR) is 85.3 cm³/mol. The summed E-state index contributed by atoms with van der Waals surface area (Å²) in [4.78, 5) is 13.7. The van der Waals surface area contributed by atoms with Crippen molar-refractivity contribution in [2.24, 2.45) is 0 Å². The average Bonchev–Trinajstić information content (AvgIpc) is 3.10. The normalized spacial score (nSPS) is 10.4. The van der Waals surface area contributed by atoms with Crippen molar-refractivity contribution in [1.29, 1.82) is 0 Å². The number of hydrogen-bond acceptors (Lipinski definition) is 4. The maximum Gasteiger partial charge on any atom is 0.251 e. The minimum absolute atomic E-state index is 0.216. The number of nitrogens with one attached hydrogen (secondary N) is 1. The van der Waals surface area contributed by atoms with E-state index in [1.165, 1.54) is 29.1 Å². The van der Waals surface area contributed by atoms with Gasteiger partial charge in [-0.25, -0.2) is 4.39 Å². The third-order valence-corrected chi connectivity index (χ3v) is 3.21. The molecule has 0 radical (unpaired) electrons. The van der Waals surface area contributed by atoms with Crippen molar-refractivity contribution >= 4 is 5.91 Å². The number of aromatic nitrogens is 3. The summed E-state index contributed by atoms with van der Waals surface area (Å²) in [7, 11) is 0. The molecule has 0 aliphatic carbocycles. The first kappa shape index (κ1) is 15.7. The standard InChI is InChI=1S/C17H15FN4O2/c18-14-4-6-15(7-5-14)24-16-3-1-2-13(12-16)17(23)19-10-11-22-20-8-9-21-22/h1-9,12H,10-11H2,(H,19,23). The Morgan fingerprint density at radius 1 is 1.08 bits per heavy atom. The van der Waals surface area contributed by atoms with E-state index in [1.54, 1.807) is 36.7 Å². The van der Waals surface area contributed by atoms with Crippen LogP contribution in [0.5, 0.6) is 11.5 Å². The van der Waals surface area contributed by atoms with Crippen LogP contribution in [-0.4, -0.2) is 27.4 Å². The zero-order chi connectivity index (χ0) is 16.8. The molecule has 122 valence electrons. The molecule has 0 unspecified atom stereocenters. The second kappa shape index (κ2) is 7.36. The molecule has 0 spiro atoms. The summed E-state index contributed by atoms with van der Waals surface area (Å²) in [6.07, 6.45) is 3.16. The highest BCUT2D eigenvalue weighted by molar-refractivity contribution is 5.94. The molecule has 1 N–H and O–H groups in total. The molecular weight excluding hydrogens is 311 g/mol. The molecule has 0 aliphatic rings. The van der Waals surface area contributed by atoms with E-state index in [2.05, 4.69) is 15.5 Å². The first-order valence-electron chi connectivity index (χ1n) is 7.36. The number of rotatable bonds is 6. The predicted octanol–water partition coefficient (Wildman–Crippen LogP) is 2.64. The number of halogens is 1. The minimum Gasteiger partial charge on any atom is -0.457 e. The van der Waals surface area contributed by atoms with Crippen LogP contribution in [0.4, 0.5) is 4.39 Å². The summed E-state index contributed by atoms with van der Waals surface area (Å²) >= 11 is 0. The quantitative estimate of drug-likeness (QED) is 0.756. The molecule has 1 aromatic heterocycles. The van der Waals surface area contributed by atoms with Crippen LogP contribution in [0.15, 0.2) is 60.9 Å². The van der Waals surface area contributed by atoms with Gasteiger partial charge in [0.2, 0.25) is 0 Å². The van der Waals surface area contributed by atoms with E-state index >= 15 is 0 Å². The Labute approximate surface area is 137 Å². The van der Waals surface area contributed by atoms with E-state index < -0.39 is 0 Å². The maximum absolute atomic E-state index is 12.9. The zero-order valence-corrected chi connectivity index (χ0v) is 12.7. The van der Waals surface area contributed by atoms with E-state index in [4.69, 9.17) is 4.74 Å². The molecule has 1 amide bonds. The van der Waals surface area contributed by atoms with E-state index in [0.717, 1.165) is 0 Å². The van der Waals surface area contributed by atoms with Crippen LogP contribution in [0, 0.1) is 5.82 Å². The third-order valence-electron chi connectivity index (χ3n) is 3.21. The van der Waals surface area contributed by atoms with Gasteiger partial charge in [0.05, 0.1) is 18.9 Å². The van der Waals surface area contributed by atoms with E-state index in [1.807, 2.05) is 0 Å². The number of amides is 1. The van der Waals surface area contributed by atoms with Gasteiger partial charge in [-0.05, 0) is 42.5 Å². The summed E-state index contributed by atoms with van der Waals surface area (Å²) < 4.78 is 18.5. The van der Waals surface area contributed by atoms with Gasteiger partial charge in [0.15, 0.2) is 0 Å². The molecule has 3 rings (SSSR count). The molecular formula is C17H15FN4O2. The molecule has 0 bridgehead atoms. The average molecular weight is 326 g/mol. The lowest BCUT2D eigenvalue weighted by Crippen LogP contribution is -2.27. The lowest BCUT2D eigenvalue weighted by atomic mass is 10.2. The van der Waals surface area contributed by atoms with Crippen LogP contribution in [-0.2, 0) is 6.54 Å². The summed E-state index contributed by atoms with van der Waals surface area (Å²) in [5.74, 6) is 0.454. The number of carbonyl (C=O) groups excluding carboxylic acids is 1. The Balaban J connectivity index is 1.59. The van der Waals surface area contributed by atoms with Gasteiger partial charge in [-0.3, -0.25) is 4.79 Å². The molecule has 1 heterocycles. The third kappa shape index (κ3) is 4.16. The fourth-order valence-electron chi connectivity index (χ4n) is 2.07. The number of ether oxygens (including phenoxy) is 1. The highest BCUT2D eigenvalue weighted by Gasteiger charge is 2.07. The smallest absolute Gasteiger partial charge is 0.251 e. The fourth-order valence-corrected chi connectivity index (χ4v) is 2.07. The van der Waals surface area contributed by atoms with Crippen molar-refractivity contribution in [1.82, 2.24) is 20.3 Å². The van der Waals surface area contributed by atoms with Gasteiger partial charge in [0.25, 0.3) is 5.91 Å². The lowest BCUT2D eigenvalue weighted by molar-refractivity contribution is 0.0951. The fraction of sp³-hybridized carbons (Fsp3) is 0.118. The number of carbonyl (C=O) groups is 1. The van der Waals surface area contributed by atoms with E-state index in [-0.39, 0.29) is 11.7 Å². The molecule has 6 nitrogen and oxygen atoms in total. The first-order chi connectivity index (χ1) is 11.7. The molecule has 24 heavy (non-hydrogen) atoms. The van der Waals surface area contributed by atoms with Crippen LogP contribution < -0.4 is 10.1 Å². The Hall–Kier alpha value is -3.22. The van der Waals surface area contributed by atoms with E-state index in [9.17, 15) is 9.18 Å². The van der Waals surface area contributed by atoms with Crippen molar-refractivity contribution in [3.05, 3.63) is 72.3 Å². The van der Waals surface area contributed by atoms with Crippen LogP contribution in [0.25, 0.3) is 0 Å². The molecule has 0 fully saturated rings. The Kier molecular flexibility index (Phi) is 4.81. The van der Waals surface area contributed by atoms with E-state index in [0.29, 0.717) is 30.2 Å². The molecule has 0 saturated heterocycles. The van der Waals surface area contributed by atoms with Gasteiger partial charge in [-0.15, -0.1) is 0 Å². The Morgan fingerprint density at radius 3 is 2.58 bits per heavy atom. The Bertz CT molecular complexity index is 804. The monoisotopic (exact) mass is 326 g/mol. The molecule has 2 aromatic carbocycles. The van der Waals surface area contributed by atoms with Gasteiger partial charge in [0, 0.05) is 12.1 Å². The summed E-state index contributed by atoms with van der Waals surface area (Å²) in [6.45, 7) is 0.904. The highest BCUT2D eigenvalue weighted by atomic mass is 19.1. The van der Waals surface area contributed by atoms with Crippen molar-refractivity contribution in [2.75, 3.05) is 6.54 Å². The summed E-state index contributed by atoms with van der Waals surface area (Å²) in [5, 5.41) is 10.7. The SMILES string of the molecule is O=C(NCCn1nccn1)c1cccc(Oc2ccc(F)cc2)c1. The summed E-state index contributed by atoms with van der Waals surface area (Å²) in [5.41, 5.74) is 0.475. The van der Waals surface area contributed by atoms with Crippen molar-refractivity contribution in [2.45, 2.75) is 6.54 Å². The van der Waals surface area contributed by atoms with Gasteiger partial charge in [-0.1, -0.05) is 6.07 Å². The van der Waals surface area contributed by atoms with Crippen LogP contribution in [0.2, 0.25) is 0 Å².